The van der Waals surface area contributed by atoms with Gasteiger partial charge in [-0.2, -0.15) is 0 Å². The Balaban J connectivity index is 1.32. The first kappa shape index (κ1) is 18.0. The standard InChI is InChI=1S/C20H22N4O2S/c1-13-11-14(2)22-20(21-13)27-12-18(25)24-9-7-15(8-10-24)19-23-16-5-3-4-6-17(16)26-19/h3-6,11,15H,7-10,12H2,1-2H3. The summed E-state index contributed by atoms with van der Waals surface area (Å²) in [6, 6.07) is 9.76. The van der Waals surface area contributed by atoms with Crippen molar-refractivity contribution in [2.45, 2.75) is 37.8 Å². The van der Waals surface area contributed by atoms with Crippen LogP contribution in [-0.4, -0.2) is 44.6 Å². The molecule has 7 heteroatoms. The molecule has 1 saturated heterocycles. The van der Waals surface area contributed by atoms with Gasteiger partial charge < -0.3 is 9.32 Å². The van der Waals surface area contributed by atoms with Gasteiger partial charge >= 0.3 is 0 Å². The van der Waals surface area contributed by atoms with Crippen molar-refractivity contribution in [2.75, 3.05) is 18.8 Å². The van der Waals surface area contributed by atoms with E-state index in [2.05, 4.69) is 15.0 Å². The smallest absolute Gasteiger partial charge is 0.233 e. The molecule has 1 fully saturated rings. The van der Waals surface area contributed by atoms with Crippen LogP contribution in [0, 0.1) is 13.8 Å². The Hall–Kier alpha value is -2.41. The van der Waals surface area contributed by atoms with Crippen molar-refractivity contribution in [1.82, 2.24) is 19.9 Å². The molecular weight excluding hydrogens is 360 g/mol. The van der Waals surface area contributed by atoms with Crippen LogP contribution in [0.3, 0.4) is 0 Å². The van der Waals surface area contributed by atoms with Gasteiger partial charge in [0.2, 0.25) is 5.91 Å². The van der Waals surface area contributed by atoms with Gasteiger partial charge in [-0.1, -0.05) is 23.9 Å². The molecule has 4 rings (SSSR count). The molecule has 140 valence electrons. The number of nitrogens with zero attached hydrogens (tertiary/aromatic N) is 4. The first-order valence-corrected chi connectivity index (χ1v) is 10.2. The summed E-state index contributed by atoms with van der Waals surface area (Å²) in [6.07, 6.45) is 1.76. The first-order chi connectivity index (χ1) is 13.1. The number of aromatic nitrogens is 3. The Kier molecular flexibility index (Phi) is 5.11. The van der Waals surface area contributed by atoms with Crippen LogP contribution in [0.5, 0.6) is 0 Å². The number of carbonyl (C=O) groups excluding carboxylic acids is 1. The van der Waals surface area contributed by atoms with Crippen LogP contribution < -0.4 is 0 Å². The van der Waals surface area contributed by atoms with E-state index in [1.807, 2.05) is 49.1 Å². The molecule has 2 aromatic heterocycles. The number of hydrogen-bond acceptors (Lipinski definition) is 6. The van der Waals surface area contributed by atoms with Gasteiger partial charge in [0, 0.05) is 30.4 Å². The van der Waals surface area contributed by atoms with E-state index in [9.17, 15) is 4.79 Å². The highest BCUT2D eigenvalue weighted by Gasteiger charge is 2.27. The number of aryl methyl sites for hydroxylation is 2. The fourth-order valence-corrected chi connectivity index (χ4v) is 4.27. The Morgan fingerprint density at radius 1 is 1.15 bits per heavy atom. The third-order valence-electron chi connectivity index (χ3n) is 4.79. The Morgan fingerprint density at radius 3 is 2.56 bits per heavy atom. The average Bonchev–Trinajstić information content (AvgIpc) is 3.10. The van der Waals surface area contributed by atoms with E-state index >= 15 is 0 Å². The van der Waals surface area contributed by atoms with E-state index in [0.717, 1.165) is 54.3 Å². The molecule has 0 aliphatic carbocycles. The summed E-state index contributed by atoms with van der Waals surface area (Å²) in [5.74, 6) is 1.58. The topological polar surface area (TPSA) is 72.1 Å². The minimum atomic E-state index is 0.138. The number of fused-ring (bicyclic) bond motifs is 1. The molecule has 0 saturated carbocycles. The second kappa shape index (κ2) is 7.68. The SMILES string of the molecule is Cc1cc(C)nc(SCC(=O)N2CCC(c3nc4ccccc4o3)CC2)n1. The molecule has 6 nitrogen and oxygen atoms in total. The van der Waals surface area contributed by atoms with Crippen LogP contribution in [0.15, 0.2) is 39.9 Å². The summed E-state index contributed by atoms with van der Waals surface area (Å²) in [4.78, 5) is 27.8. The fourth-order valence-electron chi connectivity index (χ4n) is 3.42. The number of oxazole rings is 1. The second-order valence-electron chi connectivity index (χ2n) is 6.90. The lowest BCUT2D eigenvalue weighted by Gasteiger charge is -2.30. The van der Waals surface area contributed by atoms with Gasteiger partial charge in [0.25, 0.3) is 0 Å². The molecule has 1 amide bonds. The number of rotatable bonds is 4. The van der Waals surface area contributed by atoms with E-state index < -0.39 is 0 Å². The highest BCUT2D eigenvalue weighted by Crippen LogP contribution is 2.30. The molecule has 1 aliphatic rings. The first-order valence-electron chi connectivity index (χ1n) is 9.17. The van der Waals surface area contributed by atoms with Crippen molar-refractivity contribution >= 4 is 28.8 Å². The van der Waals surface area contributed by atoms with Gasteiger partial charge in [0.1, 0.15) is 5.52 Å². The maximum atomic E-state index is 12.5. The van der Waals surface area contributed by atoms with Crippen LogP contribution in [0.25, 0.3) is 11.1 Å². The Morgan fingerprint density at radius 2 is 1.85 bits per heavy atom. The van der Waals surface area contributed by atoms with Crippen molar-refractivity contribution < 1.29 is 9.21 Å². The van der Waals surface area contributed by atoms with Crippen LogP contribution in [0.4, 0.5) is 0 Å². The number of piperidine rings is 1. The van der Waals surface area contributed by atoms with E-state index in [4.69, 9.17) is 4.42 Å². The largest absolute Gasteiger partial charge is 0.440 e. The highest BCUT2D eigenvalue weighted by molar-refractivity contribution is 7.99. The minimum absolute atomic E-state index is 0.138. The molecule has 27 heavy (non-hydrogen) atoms. The maximum Gasteiger partial charge on any atom is 0.233 e. The van der Waals surface area contributed by atoms with Gasteiger partial charge in [0.05, 0.1) is 5.75 Å². The van der Waals surface area contributed by atoms with E-state index in [-0.39, 0.29) is 11.8 Å². The lowest BCUT2D eigenvalue weighted by Crippen LogP contribution is -2.39. The van der Waals surface area contributed by atoms with Crippen molar-refractivity contribution in [2.24, 2.45) is 0 Å². The van der Waals surface area contributed by atoms with Gasteiger partial charge in [-0.05, 0) is 44.9 Å². The molecular formula is C20H22N4O2S. The number of likely N-dealkylation sites (tertiary alicyclic amines) is 1. The lowest BCUT2D eigenvalue weighted by atomic mass is 9.97. The van der Waals surface area contributed by atoms with Crippen molar-refractivity contribution in [3.63, 3.8) is 0 Å². The molecule has 0 N–H and O–H groups in total. The third-order valence-corrected chi connectivity index (χ3v) is 5.63. The quantitative estimate of drug-likeness (QED) is 0.506. The monoisotopic (exact) mass is 382 g/mol. The summed E-state index contributed by atoms with van der Waals surface area (Å²) in [5, 5.41) is 0.669. The molecule has 1 aliphatic heterocycles. The molecule has 0 spiro atoms. The van der Waals surface area contributed by atoms with Gasteiger partial charge in [-0.3, -0.25) is 4.79 Å². The molecule has 0 radical (unpaired) electrons. The van der Waals surface area contributed by atoms with Crippen LogP contribution in [-0.2, 0) is 4.79 Å². The molecule has 0 unspecified atom stereocenters. The second-order valence-corrected chi connectivity index (χ2v) is 7.84. The van der Waals surface area contributed by atoms with Crippen molar-refractivity contribution in [3.05, 3.63) is 47.6 Å². The zero-order valence-corrected chi connectivity index (χ0v) is 16.3. The van der Waals surface area contributed by atoms with E-state index in [0.29, 0.717) is 10.9 Å². The lowest BCUT2D eigenvalue weighted by molar-refractivity contribution is -0.129. The predicted molar refractivity (Wildman–Crippen MR) is 105 cm³/mol. The average molecular weight is 382 g/mol. The van der Waals surface area contributed by atoms with Crippen LogP contribution >= 0.6 is 11.8 Å². The summed E-state index contributed by atoms with van der Waals surface area (Å²) >= 11 is 1.41. The van der Waals surface area contributed by atoms with E-state index in [1.54, 1.807) is 0 Å². The summed E-state index contributed by atoms with van der Waals surface area (Å²) in [7, 11) is 0. The van der Waals surface area contributed by atoms with Gasteiger partial charge in [-0.25, -0.2) is 15.0 Å². The van der Waals surface area contributed by atoms with Crippen LogP contribution in [0.2, 0.25) is 0 Å². The summed E-state index contributed by atoms with van der Waals surface area (Å²) in [6.45, 7) is 5.35. The third kappa shape index (κ3) is 4.13. The zero-order chi connectivity index (χ0) is 18.8. The highest BCUT2D eigenvalue weighted by atomic mass is 32.2. The number of amides is 1. The Labute approximate surface area is 162 Å². The van der Waals surface area contributed by atoms with Gasteiger partial charge in [-0.15, -0.1) is 0 Å². The maximum absolute atomic E-state index is 12.5. The number of carbonyl (C=O) groups is 1. The number of benzene rings is 1. The number of para-hydroxylation sites is 2. The number of hydrogen-bond donors (Lipinski definition) is 0. The molecule has 0 bridgehead atoms. The summed E-state index contributed by atoms with van der Waals surface area (Å²) < 4.78 is 5.90. The fraction of sp³-hybridized carbons (Fsp3) is 0.400. The van der Waals surface area contributed by atoms with Crippen molar-refractivity contribution in [1.29, 1.82) is 0 Å². The molecule has 3 aromatic rings. The predicted octanol–water partition coefficient (Wildman–Crippen LogP) is 3.73. The summed E-state index contributed by atoms with van der Waals surface area (Å²) in [5.41, 5.74) is 3.58. The zero-order valence-electron chi connectivity index (χ0n) is 15.5. The molecule has 1 aromatic carbocycles. The normalized spacial score (nSPS) is 15.4. The molecule has 3 heterocycles. The molecule has 0 atom stereocenters. The van der Waals surface area contributed by atoms with Gasteiger partial charge in [0.15, 0.2) is 16.6 Å². The minimum Gasteiger partial charge on any atom is -0.440 e. The number of thioether (sulfide) groups is 1. The van der Waals surface area contributed by atoms with E-state index in [1.165, 1.54) is 11.8 Å². The van der Waals surface area contributed by atoms with Crippen LogP contribution in [0.1, 0.15) is 36.0 Å². The Bertz CT molecular complexity index is 910. The van der Waals surface area contributed by atoms with Crippen molar-refractivity contribution in [3.8, 4) is 0 Å².